The van der Waals surface area contributed by atoms with Gasteiger partial charge in [-0.3, -0.25) is 4.79 Å². The van der Waals surface area contributed by atoms with Crippen LogP contribution in [0.3, 0.4) is 0 Å². The molecule has 0 heterocycles. The monoisotopic (exact) mass is 148 g/mol. The zero-order valence-electron chi connectivity index (χ0n) is 5.85. The van der Waals surface area contributed by atoms with Gasteiger partial charge in [-0.1, -0.05) is 0 Å². The summed E-state index contributed by atoms with van der Waals surface area (Å²) in [7, 11) is 0. The van der Waals surface area contributed by atoms with Crippen molar-refractivity contribution >= 4 is 17.5 Å². The third-order valence-electron chi connectivity index (χ3n) is 0.676. The molecule has 0 saturated heterocycles. The third kappa shape index (κ3) is 7.98. The Balaban J connectivity index is 2.83. The van der Waals surface area contributed by atoms with Gasteiger partial charge in [0, 0.05) is 6.61 Å². The molecule has 0 aliphatic carbocycles. The van der Waals surface area contributed by atoms with Crippen LogP contribution in [0.4, 0.5) is 0 Å². The maximum atomic E-state index is 10.3. The fraction of sp³-hybridized carbons (Fsp3) is 0.833. The molecule has 0 aliphatic heterocycles. The molecule has 0 aromatic heterocycles. The number of ether oxygens (including phenoxy) is 1. The van der Waals surface area contributed by atoms with Crippen LogP contribution in [0.1, 0.15) is 13.8 Å². The zero-order valence-corrected chi connectivity index (χ0v) is 6.66. The van der Waals surface area contributed by atoms with Crippen molar-refractivity contribution in [3.05, 3.63) is 0 Å². The van der Waals surface area contributed by atoms with E-state index in [9.17, 15) is 4.79 Å². The standard InChI is InChI=1S/C6H12O2S/c1-3-8-5-9-4-6(2)7/h3-5H2,1-2H3. The van der Waals surface area contributed by atoms with E-state index in [1.165, 1.54) is 11.8 Å². The Morgan fingerprint density at radius 2 is 2.33 bits per heavy atom. The highest BCUT2D eigenvalue weighted by atomic mass is 32.2. The molecule has 0 saturated carbocycles. The van der Waals surface area contributed by atoms with Gasteiger partial charge in [0.15, 0.2) is 0 Å². The average molecular weight is 148 g/mol. The molecule has 0 rings (SSSR count). The predicted molar refractivity (Wildman–Crippen MR) is 39.6 cm³/mol. The van der Waals surface area contributed by atoms with E-state index >= 15 is 0 Å². The van der Waals surface area contributed by atoms with E-state index in [0.717, 1.165) is 6.61 Å². The molecule has 0 amide bonds. The van der Waals surface area contributed by atoms with Crippen LogP contribution in [0, 0.1) is 0 Å². The second-order valence-corrected chi connectivity index (χ2v) is 2.59. The topological polar surface area (TPSA) is 26.3 Å². The summed E-state index contributed by atoms with van der Waals surface area (Å²) in [5.41, 5.74) is 0. The number of carbonyl (C=O) groups excluding carboxylic acids is 1. The highest BCUT2D eigenvalue weighted by Crippen LogP contribution is 1.99. The van der Waals surface area contributed by atoms with Crippen molar-refractivity contribution in [1.82, 2.24) is 0 Å². The molecule has 9 heavy (non-hydrogen) atoms. The summed E-state index contributed by atoms with van der Waals surface area (Å²) in [6.07, 6.45) is 0. The second-order valence-electron chi connectivity index (χ2n) is 1.66. The lowest BCUT2D eigenvalue weighted by Gasteiger charge is -1.96. The van der Waals surface area contributed by atoms with Gasteiger partial charge in [-0.05, 0) is 13.8 Å². The SMILES string of the molecule is CCOCSCC(C)=O. The van der Waals surface area contributed by atoms with Crippen LogP contribution < -0.4 is 0 Å². The maximum absolute atomic E-state index is 10.3. The van der Waals surface area contributed by atoms with Crippen LogP contribution in [0.2, 0.25) is 0 Å². The van der Waals surface area contributed by atoms with Gasteiger partial charge in [0.05, 0.1) is 11.7 Å². The van der Waals surface area contributed by atoms with Crippen molar-refractivity contribution in [3.8, 4) is 0 Å². The van der Waals surface area contributed by atoms with Gasteiger partial charge in [-0.15, -0.1) is 11.8 Å². The van der Waals surface area contributed by atoms with Crippen molar-refractivity contribution in [3.63, 3.8) is 0 Å². The quantitative estimate of drug-likeness (QED) is 0.434. The van der Waals surface area contributed by atoms with Gasteiger partial charge in [-0.2, -0.15) is 0 Å². The number of ketones is 1. The number of Topliss-reactive ketones (excluding diaryl/α,β-unsaturated/α-hetero) is 1. The Hall–Kier alpha value is -0.0200. The fourth-order valence-corrected chi connectivity index (χ4v) is 0.983. The van der Waals surface area contributed by atoms with Crippen molar-refractivity contribution in [2.75, 3.05) is 18.3 Å². The van der Waals surface area contributed by atoms with Gasteiger partial charge in [0.1, 0.15) is 5.78 Å². The van der Waals surface area contributed by atoms with Gasteiger partial charge >= 0.3 is 0 Å². The summed E-state index contributed by atoms with van der Waals surface area (Å²) in [5.74, 6) is 1.41. The minimum atomic E-state index is 0.208. The lowest BCUT2D eigenvalue weighted by Crippen LogP contribution is -1.96. The van der Waals surface area contributed by atoms with Gasteiger partial charge in [0.25, 0.3) is 0 Å². The largest absolute Gasteiger partial charge is 0.371 e. The molecular weight excluding hydrogens is 136 g/mol. The minimum absolute atomic E-state index is 0.208. The van der Waals surface area contributed by atoms with Crippen LogP contribution in [0.15, 0.2) is 0 Å². The van der Waals surface area contributed by atoms with E-state index in [1.54, 1.807) is 6.92 Å². The number of carbonyl (C=O) groups is 1. The molecule has 2 nitrogen and oxygen atoms in total. The first kappa shape index (κ1) is 8.98. The smallest absolute Gasteiger partial charge is 0.139 e. The first-order valence-electron chi connectivity index (χ1n) is 2.92. The maximum Gasteiger partial charge on any atom is 0.139 e. The summed E-state index contributed by atoms with van der Waals surface area (Å²) < 4.78 is 4.99. The molecule has 0 bridgehead atoms. The van der Waals surface area contributed by atoms with Crippen molar-refractivity contribution < 1.29 is 9.53 Å². The number of hydrogen-bond donors (Lipinski definition) is 0. The lowest BCUT2D eigenvalue weighted by atomic mass is 10.5. The van der Waals surface area contributed by atoms with E-state index in [2.05, 4.69) is 0 Å². The van der Waals surface area contributed by atoms with Gasteiger partial charge in [0.2, 0.25) is 0 Å². The Labute approximate surface area is 60.0 Å². The Bertz CT molecular complexity index is 83.1. The molecular formula is C6H12O2S. The normalized spacial score (nSPS) is 9.56. The number of hydrogen-bond acceptors (Lipinski definition) is 3. The fourth-order valence-electron chi connectivity index (χ4n) is 0.328. The van der Waals surface area contributed by atoms with Crippen molar-refractivity contribution in [2.24, 2.45) is 0 Å². The minimum Gasteiger partial charge on any atom is -0.371 e. The van der Waals surface area contributed by atoms with E-state index in [1.807, 2.05) is 6.92 Å². The molecule has 0 aromatic carbocycles. The van der Waals surface area contributed by atoms with E-state index in [4.69, 9.17) is 4.74 Å². The second kappa shape index (κ2) is 6.11. The number of thioether (sulfide) groups is 1. The molecule has 0 radical (unpaired) electrons. The van der Waals surface area contributed by atoms with E-state index in [-0.39, 0.29) is 5.78 Å². The Kier molecular flexibility index (Phi) is 6.09. The molecule has 0 N–H and O–H groups in total. The summed E-state index contributed by atoms with van der Waals surface area (Å²) >= 11 is 1.51. The zero-order chi connectivity index (χ0) is 7.11. The van der Waals surface area contributed by atoms with Gasteiger partial charge < -0.3 is 4.74 Å². The molecule has 0 unspecified atom stereocenters. The molecule has 54 valence electrons. The van der Waals surface area contributed by atoms with Crippen LogP contribution in [0.5, 0.6) is 0 Å². The molecule has 3 heteroatoms. The summed E-state index contributed by atoms with van der Waals surface area (Å²) in [4.78, 5) is 10.3. The van der Waals surface area contributed by atoms with Crippen LogP contribution in [-0.2, 0) is 9.53 Å². The molecule has 0 fully saturated rings. The first-order valence-corrected chi connectivity index (χ1v) is 4.07. The summed E-state index contributed by atoms with van der Waals surface area (Å²) in [5, 5.41) is 0. The molecule has 0 atom stereocenters. The Morgan fingerprint density at radius 3 is 2.78 bits per heavy atom. The van der Waals surface area contributed by atoms with Gasteiger partial charge in [-0.25, -0.2) is 0 Å². The Morgan fingerprint density at radius 1 is 1.67 bits per heavy atom. The van der Waals surface area contributed by atoms with Crippen LogP contribution in [0.25, 0.3) is 0 Å². The average Bonchev–Trinajstić information content (AvgIpc) is 1.80. The summed E-state index contributed by atoms with van der Waals surface area (Å²) in [6, 6.07) is 0. The third-order valence-corrected chi connectivity index (χ3v) is 1.62. The lowest BCUT2D eigenvalue weighted by molar-refractivity contribution is -0.114. The van der Waals surface area contributed by atoms with Crippen LogP contribution in [-0.4, -0.2) is 24.1 Å². The first-order chi connectivity index (χ1) is 4.27. The summed E-state index contributed by atoms with van der Waals surface area (Å²) in [6.45, 7) is 4.25. The highest BCUT2D eigenvalue weighted by Gasteiger charge is 1.91. The highest BCUT2D eigenvalue weighted by molar-refractivity contribution is 7.99. The van der Waals surface area contributed by atoms with E-state index in [0.29, 0.717) is 11.7 Å². The molecule has 0 aliphatic rings. The number of rotatable bonds is 5. The molecule has 0 spiro atoms. The van der Waals surface area contributed by atoms with E-state index < -0.39 is 0 Å². The van der Waals surface area contributed by atoms with Crippen LogP contribution >= 0.6 is 11.8 Å². The molecule has 0 aromatic rings. The van der Waals surface area contributed by atoms with Crippen molar-refractivity contribution in [2.45, 2.75) is 13.8 Å². The predicted octanol–water partition coefficient (Wildman–Crippen LogP) is 1.30. The van der Waals surface area contributed by atoms with Crippen molar-refractivity contribution in [1.29, 1.82) is 0 Å².